The molecule has 0 saturated carbocycles. The Morgan fingerprint density at radius 1 is 1.15 bits per heavy atom. The number of benzene rings is 2. The number of carbonyl (C=O) groups is 2. The number of nitrogens with zero attached hydrogens (tertiary/aromatic N) is 1. The third-order valence-corrected chi connectivity index (χ3v) is 3.98. The van der Waals surface area contributed by atoms with Gasteiger partial charge in [0.1, 0.15) is 6.29 Å². The highest BCUT2D eigenvalue weighted by Crippen LogP contribution is 2.22. The molecule has 2 aromatic rings. The Morgan fingerprint density at radius 2 is 1.95 bits per heavy atom. The van der Waals surface area contributed by atoms with Gasteiger partial charge in [0.25, 0.3) is 0 Å². The zero-order valence-corrected chi connectivity index (χ0v) is 11.3. The molecule has 1 aliphatic rings. The number of hydrogen-bond donors (Lipinski definition) is 0. The number of rotatable bonds is 4. The molecule has 2 aromatic carbocycles. The van der Waals surface area contributed by atoms with Crippen molar-refractivity contribution < 1.29 is 9.59 Å². The molecule has 1 heterocycles. The molecule has 0 aliphatic carbocycles. The van der Waals surface area contributed by atoms with E-state index in [1.165, 1.54) is 5.39 Å². The second kappa shape index (κ2) is 5.45. The Bertz CT molecular complexity index is 645. The molecule has 1 atom stereocenters. The number of likely N-dealkylation sites (tertiary alicyclic amines) is 1. The smallest absolute Gasteiger partial charge is 0.223 e. The van der Waals surface area contributed by atoms with Gasteiger partial charge in [0, 0.05) is 19.4 Å². The zero-order chi connectivity index (χ0) is 13.9. The largest absolute Gasteiger partial charge is 0.333 e. The van der Waals surface area contributed by atoms with Crippen LogP contribution in [-0.4, -0.2) is 29.7 Å². The fraction of sp³-hybridized carbons (Fsp3) is 0.294. The van der Waals surface area contributed by atoms with Crippen LogP contribution >= 0.6 is 0 Å². The van der Waals surface area contributed by atoms with E-state index in [4.69, 9.17) is 0 Å². The van der Waals surface area contributed by atoms with Gasteiger partial charge in [0.2, 0.25) is 5.91 Å². The number of carbonyl (C=O) groups excluding carboxylic acids is 2. The molecule has 1 amide bonds. The fourth-order valence-electron chi connectivity index (χ4n) is 2.95. The third kappa shape index (κ3) is 2.31. The Hall–Kier alpha value is -2.16. The average molecular weight is 267 g/mol. The van der Waals surface area contributed by atoms with Crippen molar-refractivity contribution in [3.63, 3.8) is 0 Å². The molecule has 3 nitrogen and oxygen atoms in total. The third-order valence-electron chi connectivity index (χ3n) is 3.98. The van der Waals surface area contributed by atoms with E-state index in [2.05, 4.69) is 18.2 Å². The molecule has 0 unspecified atom stereocenters. The van der Waals surface area contributed by atoms with E-state index < -0.39 is 0 Å². The monoisotopic (exact) mass is 267 g/mol. The van der Waals surface area contributed by atoms with Crippen LogP contribution in [0.25, 0.3) is 10.8 Å². The van der Waals surface area contributed by atoms with Crippen LogP contribution in [0.2, 0.25) is 0 Å². The first-order chi connectivity index (χ1) is 9.79. The van der Waals surface area contributed by atoms with Crippen molar-refractivity contribution in [3.05, 3.63) is 48.0 Å². The summed E-state index contributed by atoms with van der Waals surface area (Å²) in [6.07, 6.45) is 2.93. The van der Waals surface area contributed by atoms with Crippen molar-refractivity contribution in [1.29, 1.82) is 0 Å². The molecule has 0 bridgehead atoms. The fourth-order valence-corrected chi connectivity index (χ4v) is 2.95. The van der Waals surface area contributed by atoms with E-state index in [9.17, 15) is 9.59 Å². The van der Waals surface area contributed by atoms with E-state index in [1.54, 1.807) is 4.90 Å². The van der Waals surface area contributed by atoms with Crippen LogP contribution < -0.4 is 0 Å². The lowest BCUT2D eigenvalue weighted by atomic mass is 9.99. The minimum Gasteiger partial charge on any atom is -0.333 e. The van der Waals surface area contributed by atoms with Crippen LogP contribution in [-0.2, 0) is 16.0 Å². The van der Waals surface area contributed by atoms with Crippen LogP contribution in [0.5, 0.6) is 0 Å². The van der Waals surface area contributed by atoms with Gasteiger partial charge in [0.15, 0.2) is 0 Å². The van der Waals surface area contributed by atoms with Gasteiger partial charge in [-0.3, -0.25) is 4.79 Å². The van der Waals surface area contributed by atoms with E-state index in [1.807, 2.05) is 24.3 Å². The first-order valence-corrected chi connectivity index (χ1v) is 7.01. The highest BCUT2D eigenvalue weighted by molar-refractivity contribution is 5.86. The molecule has 1 aliphatic heterocycles. The predicted molar refractivity (Wildman–Crippen MR) is 78.5 cm³/mol. The summed E-state index contributed by atoms with van der Waals surface area (Å²) in [5.41, 5.74) is 1.12. The van der Waals surface area contributed by atoms with Crippen LogP contribution in [0.15, 0.2) is 42.5 Å². The summed E-state index contributed by atoms with van der Waals surface area (Å²) >= 11 is 0. The molecular formula is C17H17NO2. The molecule has 3 heteroatoms. The Balaban J connectivity index is 1.91. The Morgan fingerprint density at radius 3 is 2.70 bits per heavy atom. The summed E-state index contributed by atoms with van der Waals surface area (Å²) in [5, 5.41) is 2.33. The summed E-state index contributed by atoms with van der Waals surface area (Å²) in [7, 11) is 0. The molecule has 1 saturated heterocycles. The first-order valence-electron chi connectivity index (χ1n) is 7.01. The van der Waals surface area contributed by atoms with Crippen molar-refractivity contribution in [2.45, 2.75) is 25.3 Å². The lowest BCUT2D eigenvalue weighted by Crippen LogP contribution is -2.38. The van der Waals surface area contributed by atoms with Crippen molar-refractivity contribution in [1.82, 2.24) is 4.90 Å². The number of aldehydes is 1. The van der Waals surface area contributed by atoms with E-state index in [0.29, 0.717) is 19.4 Å². The molecule has 102 valence electrons. The minimum absolute atomic E-state index is 0.0994. The average Bonchev–Trinajstić information content (AvgIpc) is 2.91. The van der Waals surface area contributed by atoms with Gasteiger partial charge in [-0.05, 0) is 22.8 Å². The molecule has 1 fully saturated rings. The van der Waals surface area contributed by atoms with Crippen molar-refractivity contribution in [2.24, 2.45) is 0 Å². The number of fused-ring (bicyclic) bond motifs is 1. The molecule has 3 rings (SSSR count). The minimum atomic E-state index is -0.337. The van der Waals surface area contributed by atoms with Crippen LogP contribution in [0.4, 0.5) is 0 Å². The maximum absolute atomic E-state index is 11.8. The summed E-state index contributed by atoms with van der Waals surface area (Å²) < 4.78 is 0. The van der Waals surface area contributed by atoms with Gasteiger partial charge in [-0.25, -0.2) is 0 Å². The quantitative estimate of drug-likeness (QED) is 0.798. The van der Waals surface area contributed by atoms with Crippen molar-refractivity contribution in [2.75, 3.05) is 6.54 Å². The second-order valence-electron chi connectivity index (χ2n) is 5.24. The molecule has 0 N–H and O–H groups in total. The lowest BCUT2D eigenvalue weighted by molar-refractivity contribution is -0.132. The standard InChI is InChI=1S/C17H17NO2/c19-12-15(18-10-4-9-17(18)20)11-14-7-3-6-13-5-1-2-8-16(13)14/h1-3,5-8,12,15H,4,9-11H2/t15-/m1/s1. The van der Waals surface area contributed by atoms with Crippen molar-refractivity contribution >= 4 is 23.0 Å². The predicted octanol–water partition coefficient (Wildman–Crippen LogP) is 2.57. The van der Waals surface area contributed by atoms with Gasteiger partial charge < -0.3 is 9.69 Å². The maximum Gasteiger partial charge on any atom is 0.223 e. The van der Waals surface area contributed by atoms with E-state index in [0.717, 1.165) is 23.7 Å². The molecule has 20 heavy (non-hydrogen) atoms. The summed E-state index contributed by atoms with van der Waals surface area (Å²) in [6, 6.07) is 13.9. The van der Waals surface area contributed by atoms with Gasteiger partial charge in [-0.2, -0.15) is 0 Å². The summed E-state index contributed by atoms with van der Waals surface area (Å²) in [5.74, 6) is 0.0994. The highest BCUT2D eigenvalue weighted by atomic mass is 16.2. The second-order valence-corrected chi connectivity index (χ2v) is 5.24. The summed E-state index contributed by atoms with van der Waals surface area (Å²) in [4.78, 5) is 24.9. The van der Waals surface area contributed by atoms with E-state index in [-0.39, 0.29) is 11.9 Å². The lowest BCUT2D eigenvalue weighted by Gasteiger charge is -2.23. The maximum atomic E-state index is 11.8. The van der Waals surface area contributed by atoms with Gasteiger partial charge in [0.05, 0.1) is 6.04 Å². The van der Waals surface area contributed by atoms with Gasteiger partial charge in [-0.15, -0.1) is 0 Å². The molecular weight excluding hydrogens is 250 g/mol. The normalized spacial score (nSPS) is 16.6. The molecule has 0 spiro atoms. The van der Waals surface area contributed by atoms with Gasteiger partial charge in [-0.1, -0.05) is 42.5 Å². The number of hydrogen-bond acceptors (Lipinski definition) is 2. The Kier molecular flexibility index (Phi) is 3.50. The van der Waals surface area contributed by atoms with Gasteiger partial charge >= 0.3 is 0 Å². The highest BCUT2D eigenvalue weighted by Gasteiger charge is 2.27. The SMILES string of the molecule is O=C[C@@H](Cc1cccc2ccccc12)N1CCCC1=O. The van der Waals surface area contributed by atoms with Crippen LogP contribution in [0.1, 0.15) is 18.4 Å². The summed E-state index contributed by atoms with van der Waals surface area (Å²) in [6.45, 7) is 0.701. The van der Waals surface area contributed by atoms with Crippen LogP contribution in [0.3, 0.4) is 0 Å². The molecule has 0 radical (unpaired) electrons. The zero-order valence-electron chi connectivity index (χ0n) is 11.3. The first kappa shape index (κ1) is 12.9. The molecule has 0 aromatic heterocycles. The topological polar surface area (TPSA) is 37.4 Å². The van der Waals surface area contributed by atoms with E-state index >= 15 is 0 Å². The van der Waals surface area contributed by atoms with Crippen molar-refractivity contribution in [3.8, 4) is 0 Å². The Labute approximate surface area is 118 Å². The number of amides is 1. The van der Waals surface area contributed by atoms with Crippen LogP contribution in [0, 0.1) is 0 Å².